The fourth-order valence-electron chi connectivity index (χ4n) is 2.08. The summed E-state index contributed by atoms with van der Waals surface area (Å²) >= 11 is 0. The number of hydrogen-bond donors (Lipinski definition) is 1. The van der Waals surface area contributed by atoms with E-state index in [0.29, 0.717) is 12.1 Å². The number of hydrogen-bond acceptors (Lipinski definition) is 2. The van der Waals surface area contributed by atoms with Crippen LogP contribution in [0, 0.1) is 5.92 Å². The van der Waals surface area contributed by atoms with E-state index in [1.165, 1.54) is 19.2 Å². The molecule has 0 unspecified atom stereocenters. The molecular formula is C15H12F6N2O2. The van der Waals surface area contributed by atoms with Gasteiger partial charge in [0.05, 0.1) is 29.3 Å². The summed E-state index contributed by atoms with van der Waals surface area (Å²) in [5.41, 5.74) is -3.35. The third-order valence-electron chi connectivity index (χ3n) is 3.41. The van der Waals surface area contributed by atoms with Gasteiger partial charge >= 0.3 is 18.3 Å². The van der Waals surface area contributed by atoms with Crippen molar-refractivity contribution in [2.75, 3.05) is 0 Å². The van der Waals surface area contributed by atoms with Crippen molar-refractivity contribution in [1.29, 1.82) is 0 Å². The number of aromatic nitrogens is 2. The Morgan fingerprint density at radius 1 is 1.12 bits per heavy atom. The van der Waals surface area contributed by atoms with E-state index in [4.69, 9.17) is 5.11 Å². The number of benzene rings is 1. The second-order valence-electron chi connectivity index (χ2n) is 5.46. The third kappa shape index (κ3) is 4.52. The molecule has 25 heavy (non-hydrogen) atoms. The second-order valence-corrected chi connectivity index (χ2v) is 5.46. The summed E-state index contributed by atoms with van der Waals surface area (Å²) in [7, 11) is 0. The lowest BCUT2D eigenvalue weighted by molar-refractivity contribution is -0.143. The predicted octanol–water partition coefficient (Wildman–Crippen LogP) is 4.31. The average Bonchev–Trinajstić information content (AvgIpc) is 2.93. The highest BCUT2D eigenvalue weighted by Gasteiger charge is 2.37. The fourth-order valence-corrected chi connectivity index (χ4v) is 2.08. The number of rotatable bonds is 4. The molecule has 2 aromatic rings. The van der Waals surface area contributed by atoms with Gasteiger partial charge in [0.1, 0.15) is 0 Å². The summed E-state index contributed by atoms with van der Waals surface area (Å²) < 4.78 is 78.3. The number of nitrogens with zero attached hydrogens (tertiary/aromatic N) is 2. The molecule has 0 saturated heterocycles. The fraction of sp³-hybridized carbons (Fsp3) is 0.333. The highest BCUT2D eigenvalue weighted by molar-refractivity contribution is 5.69. The van der Waals surface area contributed by atoms with Crippen molar-refractivity contribution >= 4 is 5.97 Å². The first-order valence-corrected chi connectivity index (χ1v) is 6.94. The van der Waals surface area contributed by atoms with Crippen LogP contribution in [0.3, 0.4) is 0 Å². The smallest absolute Gasteiger partial charge is 0.416 e. The third-order valence-corrected chi connectivity index (χ3v) is 3.41. The summed E-state index contributed by atoms with van der Waals surface area (Å²) in [5.74, 6) is -1.92. The largest absolute Gasteiger partial charge is 0.481 e. The molecule has 0 saturated carbocycles. The van der Waals surface area contributed by atoms with Gasteiger partial charge in [-0.15, -0.1) is 0 Å². The van der Waals surface area contributed by atoms with Gasteiger partial charge in [-0.05, 0) is 24.3 Å². The van der Waals surface area contributed by atoms with Crippen LogP contribution in [-0.4, -0.2) is 20.9 Å². The Kier molecular flexibility index (Phi) is 4.83. The van der Waals surface area contributed by atoms with Crippen molar-refractivity contribution in [3.63, 3.8) is 0 Å². The first-order chi connectivity index (χ1) is 11.4. The zero-order valence-corrected chi connectivity index (χ0v) is 12.7. The van der Waals surface area contributed by atoms with E-state index in [1.807, 2.05) is 0 Å². The molecule has 2 rings (SSSR count). The van der Waals surface area contributed by atoms with Crippen molar-refractivity contribution in [3.8, 4) is 11.3 Å². The Morgan fingerprint density at radius 2 is 1.64 bits per heavy atom. The first-order valence-electron chi connectivity index (χ1n) is 6.94. The standard InChI is InChI=1S/C15H12F6N2O2/c1-8(13(24)25)7-23-3-2-12(22-23)9-4-10(14(16,17)18)6-11(5-9)15(19,20)21/h2-6,8H,7H2,1H3,(H,24,25)/t8-/m1/s1. The Balaban J connectivity index is 2.45. The van der Waals surface area contributed by atoms with Crippen molar-refractivity contribution in [3.05, 3.63) is 41.6 Å². The van der Waals surface area contributed by atoms with Crippen LogP contribution in [0.1, 0.15) is 18.1 Å². The number of halogens is 6. The van der Waals surface area contributed by atoms with Crippen LogP contribution >= 0.6 is 0 Å². The zero-order valence-electron chi connectivity index (χ0n) is 12.7. The topological polar surface area (TPSA) is 55.1 Å². The molecule has 10 heteroatoms. The molecule has 4 nitrogen and oxygen atoms in total. The molecule has 0 aliphatic carbocycles. The Morgan fingerprint density at radius 3 is 2.08 bits per heavy atom. The van der Waals surface area contributed by atoms with Gasteiger partial charge in [0.25, 0.3) is 0 Å². The number of carboxylic acids is 1. The summed E-state index contributed by atoms with van der Waals surface area (Å²) in [4.78, 5) is 10.8. The second kappa shape index (κ2) is 6.41. The maximum atomic E-state index is 12.9. The van der Waals surface area contributed by atoms with Gasteiger partial charge in [0.15, 0.2) is 0 Å². The van der Waals surface area contributed by atoms with Crippen molar-refractivity contribution in [1.82, 2.24) is 9.78 Å². The highest BCUT2D eigenvalue weighted by Crippen LogP contribution is 2.38. The van der Waals surface area contributed by atoms with Gasteiger partial charge in [-0.2, -0.15) is 31.4 Å². The van der Waals surface area contributed by atoms with E-state index in [1.54, 1.807) is 0 Å². The van der Waals surface area contributed by atoms with E-state index >= 15 is 0 Å². The van der Waals surface area contributed by atoms with Crippen molar-refractivity contribution in [2.45, 2.75) is 25.8 Å². The Hall–Kier alpha value is -2.52. The van der Waals surface area contributed by atoms with Gasteiger partial charge in [-0.3, -0.25) is 9.48 Å². The molecular weight excluding hydrogens is 354 g/mol. The van der Waals surface area contributed by atoms with Crippen molar-refractivity contribution < 1.29 is 36.2 Å². The SMILES string of the molecule is C[C@H](Cn1ccc(-c2cc(C(F)(F)F)cc(C(F)(F)F)c2)n1)C(=O)O. The van der Waals surface area contributed by atoms with Crippen LogP contribution in [0.25, 0.3) is 11.3 Å². The minimum Gasteiger partial charge on any atom is -0.481 e. The van der Waals surface area contributed by atoms with Gasteiger partial charge in [0.2, 0.25) is 0 Å². The van der Waals surface area contributed by atoms with Crippen LogP contribution in [0.5, 0.6) is 0 Å². The van der Waals surface area contributed by atoms with Crippen LogP contribution in [0.15, 0.2) is 30.5 Å². The van der Waals surface area contributed by atoms with Gasteiger partial charge in [0, 0.05) is 11.8 Å². The normalized spacial score (nSPS) is 13.7. The lowest BCUT2D eigenvalue weighted by Gasteiger charge is -2.13. The lowest BCUT2D eigenvalue weighted by Crippen LogP contribution is -2.17. The van der Waals surface area contributed by atoms with E-state index in [-0.39, 0.29) is 23.9 Å². The van der Waals surface area contributed by atoms with E-state index in [9.17, 15) is 31.1 Å². The van der Waals surface area contributed by atoms with Crippen molar-refractivity contribution in [2.24, 2.45) is 5.92 Å². The highest BCUT2D eigenvalue weighted by atomic mass is 19.4. The number of aliphatic carboxylic acids is 1. The lowest BCUT2D eigenvalue weighted by atomic mass is 10.0. The quantitative estimate of drug-likeness (QED) is 0.821. The monoisotopic (exact) mass is 366 g/mol. The van der Waals surface area contributed by atoms with E-state index in [2.05, 4.69) is 5.10 Å². The maximum Gasteiger partial charge on any atom is 0.416 e. The molecule has 0 amide bonds. The number of alkyl halides is 6. The van der Waals surface area contributed by atoms with E-state index < -0.39 is 35.4 Å². The zero-order chi connectivity index (χ0) is 19.0. The summed E-state index contributed by atoms with van der Waals surface area (Å²) in [6.07, 6.45) is -8.60. The minimum absolute atomic E-state index is 0.0347. The Bertz CT molecular complexity index is 747. The summed E-state index contributed by atoms with van der Waals surface area (Å²) in [5, 5.41) is 12.7. The predicted molar refractivity (Wildman–Crippen MR) is 74.5 cm³/mol. The first kappa shape index (κ1) is 18.8. The molecule has 1 atom stereocenters. The molecule has 0 radical (unpaired) electrons. The molecule has 0 spiro atoms. The summed E-state index contributed by atoms with van der Waals surface area (Å²) in [6, 6.07) is 2.41. The summed E-state index contributed by atoms with van der Waals surface area (Å²) in [6.45, 7) is 1.33. The molecule has 0 fully saturated rings. The average molecular weight is 366 g/mol. The number of carbonyl (C=O) groups is 1. The molecule has 0 aliphatic heterocycles. The molecule has 1 aromatic carbocycles. The molecule has 1 heterocycles. The molecule has 1 N–H and O–H groups in total. The van der Waals surface area contributed by atoms with Gasteiger partial charge in [-0.1, -0.05) is 6.92 Å². The number of carboxylic acid groups (broad SMARTS) is 1. The molecule has 0 aliphatic rings. The van der Waals surface area contributed by atoms with Crippen LogP contribution in [0.4, 0.5) is 26.3 Å². The maximum absolute atomic E-state index is 12.9. The van der Waals surface area contributed by atoms with Crippen LogP contribution < -0.4 is 0 Å². The van der Waals surface area contributed by atoms with E-state index in [0.717, 1.165) is 4.68 Å². The van der Waals surface area contributed by atoms with Gasteiger partial charge < -0.3 is 5.11 Å². The van der Waals surface area contributed by atoms with Gasteiger partial charge in [-0.25, -0.2) is 0 Å². The van der Waals surface area contributed by atoms with Crippen LogP contribution in [-0.2, 0) is 23.7 Å². The molecule has 1 aromatic heterocycles. The van der Waals surface area contributed by atoms with Crippen LogP contribution in [0.2, 0.25) is 0 Å². The molecule has 0 bridgehead atoms. The minimum atomic E-state index is -4.95. The Labute approximate surface area is 137 Å². The molecule has 136 valence electrons.